The second-order valence-electron chi connectivity index (χ2n) is 6.63. The van der Waals surface area contributed by atoms with Gasteiger partial charge in [-0.1, -0.05) is 18.2 Å². The molecular formula is C21H23F3N2O. The monoisotopic (exact) mass is 376 g/mol. The SMILES string of the molecule is COc1cc(C)c2[nH]c(-c3ccccc3C(F)(F)F)c(CCCCN)c2c1. The van der Waals surface area contributed by atoms with Crippen LogP contribution in [0.15, 0.2) is 36.4 Å². The second-order valence-corrected chi connectivity index (χ2v) is 6.63. The van der Waals surface area contributed by atoms with Gasteiger partial charge in [0.1, 0.15) is 5.75 Å². The summed E-state index contributed by atoms with van der Waals surface area (Å²) < 4.78 is 46.1. The normalized spacial score (nSPS) is 11.9. The van der Waals surface area contributed by atoms with E-state index in [9.17, 15) is 13.2 Å². The van der Waals surface area contributed by atoms with Crippen LogP contribution in [0, 0.1) is 6.92 Å². The van der Waals surface area contributed by atoms with Crippen LogP contribution in [0.1, 0.15) is 29.5 Å². The summed E-state index contributed by atoms with van der Waals surface area (Å²) in [6.45, 7) is 2.48. The first-order valence-electron chi connectivity index (χ1n) is 8.92. The highest BCUT2D eigenvalue weighted by atomic mass is 19.4. The molecule has 3 rings (SSSR count). The number of benzene rings is 2. The predicted octanol–water partition coefficient (Wildman–Crippen LogP) is 5.45. The first-order valence-corrected chi connectivity index (χ1v) is 8.92. The van der Waals surface area contributed by atoms with Crippen molar-refractivity contribution in [2.45, 2.75) is 32.4 Å². The van der Waals surface area contributed by atoms with Crippen molar-refractivity contribution in [1.82, 2.24) is 4.98 Å². The standard InChI is InChI=1S/C21H23F3N2O/c1-13-11-14(27-2)12-17-15(7-5-6-10-25)20(26-19(13)17)16-8-3-4-9-18(16)21(22,23)24/h3-4,8-9,11-12,26H,5-7,10,25H2,1-2H3. The molecule has 2 aromatic carbocycles. The van der Waals surface area contributed by atoms with Crippen LogP contribution in [0.4, 0.5) is 13.2 Å². The van der Waals surface area contributed by atoms with Crippen LogP contribution in [0.25, 0.3) is 22.2 Å². The maximum atomic E-state index is 13.6. The molecule has 3 N–H and O–H groups in total. The van der Waals surface area contributed by atoms with Gasteiger partial charge in [-0.25, -0.2) is 0 Å². The average molecular weight is 376 g/mol. The number of aryl methyl sites for hydroxylation is 2. The Labute approximate surface area is 156 Å². The van der Waals surface area contributed by atoms with Crippen LogP contribution < -0.4 is 10.5 Å². The summed E-state index contributed by atoms with van der Waals surface area (Å²) in [6, 6.07) is 9.45. The maximum Gasteiger partial charge on any atom is 0.417 e. The van der Waals surface area contributed by atoms with Crippen LogP contribution in [0.5, 0.6) is 5.75 Å². The van der Waals surface area contributed by atoms with Gasteiger partial charge in [0, 0.05) is 16.5 Å². The molecule has 27 heavy (non-hydrogen) atoms. The van der Waals surface area contributed by atoms with Crippen molar-refractivity contribution in [3.8, 4) is 17.0 Å². The summed E-state index contributed by atoms with van der Waals surface area (Å²) in [4.78, 5) is 3.25. The molecule has 0 bridgehead atoms. The molecular weight excluding hydrogens is 353 g/mol. The lowest BCUT2D eigenvalue weighted by molar-refractivity contribution is -0.137. The zero-order valence-corrected chi connectivity index (χ0v) is 15.4. The van der Waals surface area contributed by atoms with Crippen LogP contribution in [0.3, 0.4) is 0 Å². The van der Waals surface area contributed by atoms with Gasteiger partial charge >= 0.3 is 6.18 Å². The summed E-state index contributed by atoms with van der Waals surface area (Å²) >= 11 is 0. The van der Waals surface area contributed by atoms with Crippen molar-refractivity contribution in [1.29, 1.82) is 0 Å². The fourth-order valence-electron chi connectivity index (χ4n) is 3.49. The van der Waals surface area contributed by atoms with Crippen molar-refractivity contribution in [3.05, 3.63) is 53.1 Å². The number of H-pyrrole nitrogens is 1. The number of aromatic amines is 1. The zero-order chi connectivity index (χ0) is 19.6. The van der Waals surface area contributed by atoms with Gasteiger partial charge in [0.2, 0.25) is 0 Å². The van der Waals surface area contributed by atoms with Crippen molar-refractivity contribution in [2.75, 3.05) is 13.7 Å². The minimum absolute atomic E-state index is 0.169. The van der Waals surface area contributed by atoms with E-state index in [2.05, 4.69) is 4.98 Å². The Morgan fingerprint density at radius 3 is 2.52 bits per heavy atom. The van der Waals surface area contributed by atoms with Crippen LogP contribution in [-0.2, 0) is 12.6 Å². The van der Waals surface area contributed by atoms with Gasteiger partial charge < -0.3 is 15.5 Å². The molecule has 0 fully saturated rings. The molecule has 0 spiro atoms. The minimum atomic E-state index is -4.42. The van der Waals surface area contributed by atoms with Crippen molar-refractivity contribution >= 4 is 10.9 Å². The molecule has 1 aromatic heterocycles. The highest BCUT2D eigenvalue weighted by Gasteiger charge is 2.34. The van der Waals surface area contributed by atoms with Crippen LogP contribution >= 0.6 is 0 Å². The second kappa shape index (κ2) is 7.64. The van der Waals surface area contributed by atoms with Gasteiger partial charge in [0.25, 0.3) is 0 Å². The average Bonchev–Trinajstić information content (AvgIpc) is 3.00. The number of rotatable bonds is 6. The van der Waals surface area contributed by atoms with Gasteiger partial charge in [-0.05, 0) is 62.1 Å². The molecule has 0 saturated heterocycles. The third-order valence-electron chi connectivity index (χ3n) is 4.80. The summed E-state index contributed by atoms with van der Waals surface area (Å²) in [5.41, 5.74) is 8.30. The Morgan fingerprint density at radius 2 is 1.85 bits per heavy atom. The number of methoxy groups -OCH3 is 1. The molecule has 144 valence electrons. The number of nitrogens with two attached hydrogens (primary N) is 1. The molecule has 0 aliphatic heterocycles. The van der Waals surface area contributed by atoms with Gasteiger partial charge in [-0.2, -0.15) is 13.2 Å². The topological polar surface area (TPSA) is 51.0 Å². The highest BCUT2D eigenvalue weighted by molar-refractivity contribution is 5.94. The molecule has 0 saturated carbocycles. The van der Waals surface area contributed by atoms with E-state index < -0.39 is 11.7 Å². The Bertz CT molecular complexity index is 944. The number of nitrogens with one attached hydrogen (secondary N) is 1. The van der Waals surface area contributed by atoms with E-state index in [1.807, 2.05) is 19.1 Å². The van der Waals surface area contributed by atoms with E-state index >= 15 is 0 Å². The van der Waals surface area contributed by atoms with E-state index in [1.165, 1.54) is 12.1 Å². The van der Waals surface area contributed by atoms with Gasteiger partial charge in [-0.15, -0.1) is 0 Å². The molecule has 0 unspecified atom stereocenters. The summed E-state index contributed by atoms with van der Waals surface area (Å²) in [5.74, 6) is 0.690. The smallest absolute Gasteiger partial charge is 0.417 e. The molecule has 0 aliphatic rings. The third kappa shape index (κ3) is 3.81. The molecule has 3 aromatic rings. The number of ether oxygens (including phenoxy) is 1. The summed E-state index contributed by atoms with van der Waals surface area (Å²) in [7, 11) is 1.58. The molecule has 6 heteroatoms. The van der Waals surface area contributed by atoms with Gasteiger partial charge in [-0.3, -0.25) is 0 Å². The molecule has 3 nitrogen and oxygen atoms in total. The van der Waals surface area contributed by atoms with Crippen molar-refractivity contribution < 1.29 is 17.9 Å². The van der Waals surface area contributed by atoms with Crippen molar-refractivity contribution in [2.24, 2.45) is 5.73 Å². The number of fused-ring (bicyclic) bond motifs is 1. The molecule has 0 aliphatic carbocycles. The first kappa shape index (κ1) is 19.3. The van der Waals surface area contributed by atoms with Gasteiger partial charge in [0.05, 0.1) is 18.4 Å². The predicted molar refractivity (Wildman–Crippen MR) is 102 cm³/mol. The van der Waals surface area contributed by atoms with E-state index in [0.717, 1.165) is 40.9 Å². The lowest BCUT2D eigenvalue weighted by Gasteiger charge is -2.13. The Kier molecular flexibility index (Phi) is 5.46. The summed E-state index contributed by atoms with van der Waals surface area (Å²) in [6.07, 6.45) is -2.16. The number of halogens is 3. The Hall–Kier alpha value is -2.47. The number of alkyl halides is 3. The maximum absolute atomic E-state index is 13.6. The largest absolute Gasteiger partial charge is 0.497 e. The third-order valence-corrected chi connectivity index (χ3v) is 4.80. The van der Waals surface area contributed by atoms with E-state index in [1.54, 1.807) is 13.2 Å². The first-order chi connectivity index (χ1) is 12.9. The number of hydrogen-bond acceptors (Lipinski definition) is 2. The summed E-state index contributed by atoms with van der Waals surface area (Å²) in [5, 5.41) is 0.899. The minimum Gasteiger partial charge on any atom is -0.497 e. The van der Waals surface area contributed by atoms with Crippen LogP contribution in [0.2, 0.25) is 0 Å². The Morgan fingerprint density at radius 1 is 1.11 bits per heavy atom. The molecule has 0 radical (unpaired) electrons. The number of hydrogen-bond donors (Lipinski definition) is 2. The number of aromatic nitrogens is 1. The lowest BCUT2D eigenvalue weighted by Crippen LogP contribution is -2.07. The highest BCUT2D eigenvalue weighted by Crippen LogP contribution is 2.41. The van der Waals surface area contributed by atoms with Crippen LogP contribution in [-0.4, -0.2) is 18.6 Å². The quantitative estimate of drug-likeness (QED) is 0.562. The fraction of sp³-hybridized carbons (Fsp3) is 0.333. The molecule has 0 amide bonds. The van der Waals surface area contributed by atoms with Crippen molar-refractivity contribution in [3.63, 3.8) is 0 Å². The molecule has 0 atom stereocenters. The van der Waals surface area contributed by atoms with E-state index in [-0.39, 0.29) is 5.56 Å². The van der Waals surface area contributed by atoms with E-state index in [4.69, 9.17) is 10.5 Å². The number of unbranched alkanes of at least 4 members (excludes halogenated alkanes) is 1. The lowest BCUT2D eigenvalue weighted by atomic mass is 9.96. The Balaban J connectivity index is 2.26. The van der Waals surface area contributed by atoms with Gasteiger partial charge in [0.15, 0.2) is 0 Å². The molecule has 1 heterocycles. The zero-order valence-electron chi connectivity index (χ0n) is 15.4. The van der Waals surface area contributed by atoms with E-state index in [0.29, 0.717) is 24.4 Å². The fourth-order valence-corrected chi connectivity index (χ4v) is 3.49.